The van der Waals surface area contributed by atoms with Crippen molar-refractivity contribution in [1.29, 1.82) is 0 Å². The van der Waals surface area contributed by atoms with Gasteiger partial charge in [0, 0.05) is 0 Å². The zero-order valence-corrected chi connectivity index (χ0v) is 8.09. The highest BCUT2D eigenvalue weighted by atomic mass is 16.3. The fraction of sp³-hybridized carbons (Fsp3) is 1.00. The molecule has 66 valence electrons. The molecule has 0 aliphatic heterocycles. The largest absolute Gasteiger partial charge is 0.393 e. The molecule has 0 saturated heterocycles. The van der Waals surface area contributed by atoms with Gasteiger partial charge in [-0.05, 0) is 30.1 Å². The summed E-state index contributed by atoms with van der Waals surface area (Å²) in [5, 5.41) is 9.68. The van der Waals surface area contributed by atoms with Gasteiger partial charge in [0.1, 0.15) is 0 Å². The maximum absolute atomic E-state index is 9.68. The molecule has 11 heavy (non-hydrogen) atoms. The van der Waals surface area contributed by atoms with Gasteiger partial charge < -0.3 is 5.11 Å². The average molecular weight is 156 g/mol. The van der Waals surface area contributed by atoms with Crippen molar-refractivity contribution in [3.8, 4) is 0 Å². The first-order chi connectivity index (χ1) is 4.93. The lowest BCUT2D eigenvalue weighted by atomic mass is 9.65. The maximum atomic E-state index is 9.68. The normalized spacial score (nSPS) is 43.9. The van der Waals surface area contributed by atoms with Crippen LogP contribution in [0.15, 0.2) is 0 Å². The molecule has 1 rings (SSSR count). The summed E-state index contributed by atoms with van der Waals surface area (Å²) in [5.41, 5.74) is 0.330. The van der Waals surface area contributed by atoms with Gasteiger partial charge in [-0.2, -0.15) is 0 Å². The zero-order valence-electron chi connectivity index (χ0n) is 8.09. The molecule has 3 atom stereocenters. The highest BCUT2D eigenvalue weighted by molar-refractivity contribution is 4.87. The van der Waals surface area contributed by atoms with E-state index in [-0.39, 0.29) is 6.10 Å². The van der Waals surface area contributed by atoms with Gasteiger partial charge in [-0.1, -0.05) is 27.7 Å². The van der Waals surface area contributed by atoms with Gasteiger partial charge in [-0.25, -0.2) is 0 Å². The Bertz CT molecular complexity index is 140. The number of aliphatic hydroxyl groups is 1. The van der Waals surface area contributed by atoms with Gasteiger partial charge in [-0.15, -0.1) is 0 Å². The third kappa shape index (κ3) is 1.76. The van der Waals surface area contributed by atoms with Crippen molar-refractivity contribution in [2.24, 2.45) is 17.3 Å². The highest BCUT2D eigenvalue weighted by Crippen LogP contribution is 2.42. The molecular weight excluding hydrogens is 136 g/mol. The van der Waals surface area contributed by atoms with Crippen molar-refractivity contribution in [2.45, 2.75) is 46.6 Å². The smallest absolute Gasteiger partial charge is 0.0573 e. The molecule has 0 radical (unpaired) electrons. The molecule has 1 aliphatic carbocycles. The number of hydrogen-bond donors (Lipinski definition) is 1. The Morgan fingerprint density at radius 1 is 1.27 bits per heavy atom. The lowest BCUT2D eigenvalue weighted by Crippen LogP contribution is -2.39. The molecule has 0 amide bonds. The van der Waals surface area contributed by atoms with E-state index in [1.165, 1.54) is 6.42 Å². The van der Waals surface area contributed by atoms with E-state index in [1.807, 2.05) is 0 Å². The Kier molecular flexibility index (Phi) is 2.29. The monoisotopic (exact) mass is 156 g/mol. The van der Waals surface area contributed by atoms with Crippen LogP contribution in [0.5, 0.6) is 0 Å². The fourth-order valence-electron chi connectivity index (χ4n) is 2.30. The predicted molar refractivity (Wildman–Crippen MR) is 47.3 cm³/mol. The summed E-state index contributed by atoms with van der Waals surface area (Å²) in [7, 11) is 0. The summed E-state index contributed by atoms with van der Waals surface area (Å²) in [5.74, 6) is 1.15. The van der Waals surface area contributed by atoms with Gasteiger partial charge in [0.2, 0.25) is 0 Å². The second-order valence-electron chi connectivity index (χ2n) is 4.89. The van der Waals surface area contributed by atoms with E-state index >= 15 is 0 Å². The number of rotatable bonds is 0. The SMILES string of the molecule is C[C@H]1CC(O)[C@H](C)C(C)(C)C1. The number of aliphatic hydroxyl groups excluding tert-OH is 1. The zero-order chi connectivity index (χ0) is 8.65. The summed E-state index contributed by atoms with van der Waals surface area (Å²) in [6.07, 6.45) is 2.17. The second kappa shape index (κ2) is 2.78. The van der Waals surface area contributed by atoms with E-state index in [0.29, 0.717) is 17.3 Å². The van der Waals surface area contributed by atoms with Crippen LogP contribution in [-0.4, -0.2) is 11.2 Å². The minimum atomic E-state index is -0.0752. The van der Waals surface area contributed by atoms with Crippen LogP contribution in [0, 0.1) is 17.3 Å². The summed E-state index contributed by atoms with van der Waals surface area (Å²) < 4.78 is 0. The van der Waals surface area contributed by atoms with E-state index < -0.39 is 0 Å². The maximum Gasteiger partial charge on any atom is 0.0573 e. The van der Waals surface area contributed by atoms with Gasteiger partial charge in [0.05, 0.1) is 6.10 Å². The Morgan fingerprint density at radius 2 is 1.82 bits per heavy atom. The molecule has 1 N–H and O–H groups in total. The lowest BCUT2D eigenvalue weighted by Gasteiger charge is -2.42. The second-order valence-corrected chi connectivity index (χ2v) is 4.89. The minimum Gasteiger partial charge on any atom is -0.393 e. The Morgan fingerprint density at radius 3 is 2.27 bits per heavy atom. The fourth-order valence-corrected chi connectivity index (χ4v) is 2.30. The molecule has 1 heteroatoms. The van der Waals surface area contributed by atoms with E-state index in [2.05, 4.69) is 27.7 Å². The van der Waals surface area contributed by atoms with E-state index in [9.17, 15) is 5.11 Å². The van der Waals surface area contributed by atoms with Crippen molar-refractivity contribution in [3.63, 3.8) is 0 Å². The van der Waals surface area contributed by atoms with E-state index in [1.54, 1.807) is 0 Å². The Balaban J connectivity index is 2.67. The van der Waals surface area contributed by atoms with Crippen molar-refractivity contribution in [2.75, 3.05) is 0 Å². The molecule has 1 unspecified atom stereocenters. The van der Waals surface area contributed by atoms with Gasteiger partial charge in [-0.3, -0.25) is 0 Å². The Hall–Kier alpha value is -0.0400. The van der Waals surface area contributed by atoms with Crippen molar-refractivity contribution >= 4 is 0 Å². The summed E-state index contributed by atoms with van der Waals surface area (Å²) in [6, 6.07) is 0. The van der Waals surface area contributed by atoms with E-state index in [4.69, 9.17) is 0 Å². The predicted octanol–water partition coefficient (Wildman–Crippen LogP) is 2.44. The summed E-state index contributed by atoms with van der Waals surface area (Å²) in [6.45, 7) is 8.92. The lowest BCUT2D eigenvalue weighted by molar-refractivity contribution is -0.0205. The molecule has 0 spiro atoms. The molecular formula is C10H20O. The van der Waals surface area contributed by atoms with E-state index in [0.717, 1.165) is 6.42 Å². The van der Waals surface area contributed by atoms with Crippen LogP contribution in [0.4, 0.5) is 0 Å². The number of hydrogen-bond acceptors (Lipinski definition) is 1. The molecule has 0 aromatic heterocycles. The average Bonchev–Trinajstić information content (AvgIpc) is 1.81. The summed E-state index contributed by atoms with van der Waals surface area (Å²) >= 11 is 0. The van der Waals surface area contributed by atoms with Gasteiger partial charge in [0.15, 0.2) is 0 Å². The van der Waals surface area contributed by atoms with Gasteiger partial charge in [0.25, 0.3) is 0 Å². The minimum absolute atomic E-state index is 0.0752. The van der Waals surface area contributed by atoms with Crippen LogP contribution in [0.1, 0.15) is 40.5 Å². The van der Waals surface area contributed by atoms with Crippen LogP contribution < -0.4 is 0 Å². The first kappa shape index (κ1) is 9.05. The molecule has 1 nitrogen and oxygen atoms in total. The topological polar surface area (TPSA) is 20.2 Å². The van der Waals surface area contributed by atoms with Crippen LogP contribution in [0.2, 0.25) is 0 Å². The molecule has 0 aromatic rings. The summed E-state index contributed by atoms with van der Waals surface area (Å²) in [4.78, 5) is 0. The molecule has 0 aromatic carbocycles. The quantitative estimate of drug-likeness (QED) is 0.571. The van der Waals surface area contributed by atoms with Gasteiger partial charge >= 0.3 is 0 Å². The molecule has 0 heterocycles. The van der Waals surface area contributed by atoms with Crippen molar-refractivity contribution in [3.05, 3.63) is 0 Å². The molecule has 0 bridgehead atoms. The third-order valence-corrected chi connectivity index (χ3v) is 3.33. The Labute approximate surface area is 69.8 Å². The standard InChI is InChI=1S/C10H20O/c1-7-5-9(11)8(2)10(3,4)6-7/h7-9,11H,5-6H2,1-4H3/t7-,8-,9?/m0/s1. The first-order valence-corrected chi connectivity index (χ1v) is 4.61. The van der Waals surface area contributed by atoms with Crippen molar-refractivity contribution < 1.29 is 5.11 Å². The first-order valence-electron chi connectivity index (χ1n) is 4.61. The molecule has 1 saturated carbocycles. The van der Waals surface area contributed by atoms with Crippen LogP contribution >= 0.6 is 0 Å². The molecule has 1 aliphatic rings. The van der Waals surface area contributed by atoms with Crippen LogP contribution in [0.25, 0.3) is 0 Å². The van der Waals surface area contributed by atoms with Crippen molar-refractivity contribution in [1.82, 2.24) is 0 Å². The third-order valence-electron chi connectivity index (χ3n) is 3.33. The van der Waals surface area contributed by atoms with Crippen LogP contribution in [0.3, 0.4) is 0 Å². The molecule has 1 fully saturated rings. The highest BCUT2D eigenvalue weighted by Gasteiger charge is 2.37. The van der Waals surface area contributed by atoms with Crippen LogP contribution in [-0.2, 0) is 0 Å².